The van der Waals surface area contributed by atoms with Crippen molar-refractivity contribution >= 4 is 40.9 Å². The number of thioether (sulfide) groups is 1. The Morgan fingerprint density at radius 3 is 2.47 bits per heavy atom. The van der Waals surface area contributed by atoms with Gasteiger partial charge in [-0.05, 0) is 49.2 Å². The van der Waals surface area contributed by atoms with E-state index in [1.54, 1.807) is 6.08 Å². The van der Waals surface area contributed by atoms with Gasteiger partial charge in [-0.2, -0.15) is 0 Å². The third-order valence-corrected chi connectivity index (χ3v) is 6.92. The zero-order valence-electron chi connectivity index (χ0n) is 18.7. The Hall–Kier alpha value is -3.10. The van der Waals surface area contributed by atoms with Crippen molar-refractivity contribution in [3.63, 3.8) is 0 Å². The van der Waals surface area contributed by atoms with Crippen molar-refractivity contribution in [2.45, 2.75) is 24.5 Å². The maximum Gasteiger partial charge on any atom is 0.233 e. The third kappa shape index (κ3) is 5.87. The molecule has 2 amide bonds. The second-order valence-electron chi connectivity index (χ2n) is 8.01. The molecule has 1 aliphatic heterocycles. The van der Waals surface area contributed by atoms with Crippen molar-refractivity contribution in [1.29, 1.82) is 0 Å². The number of piperidine rings is 1. The highest BCUT2D eigenvalue weighted by Gasteiger charge is 2.27. The maximum absolute atomic E-state index is 12.8. The fraction of sp³-hybridized carbons (Fsp3) is 0.280. The minimum Gasteiger partial charge on any atom is -0.342 e. The predicted octanol–water partition coefficient (Wildman–Crippen LogP) is 4.75. The number of hydrogen-bond acceptors (Lipinski definition) is 5. The number of rotatable bonds is 8. The largest absolute Gasteiger partial charge is 0.342 e. The van der Waals surface area contributed by atoms with Gasteiger partial charge in [-0.1, -0.05) is 47.6 Å². The zero-order chi connectivity index (χ0) is 23.9. The molecule has 2 heterocycles. The Kier molecular flexibility index (Phi) is 8.03. The highest BCUT2D eigenvalue weighted by Crippen LogP contribution is 2.26. The van der Waals surface area contributed by atoms with E-state index in [9.17, 15) is 9.59 Å². The van der Waals surface area contributed by atoms with E-state index in [1.807, 2.05) is 64.1 Å². The van der Waals surface area contributed by atoms with E-state index in [1.165, 1.54) is 11.8 Å². The lowest BCUT2D eigenvalue weighted by atomic mass is 9.96. The van der Waals surface area contributed by atoms with Crippen molar-refractivity contribution < 1.29 is 9.59 Å². The number of hydrogen-bond donors (Lipinski definition) is 1. The molecule has 2 aromatic carbocycles. The summed E-state index contributed by atoms with van der Waals surface area (Å²) in [7, 11) is 0. The summed E-state index contributed by atoms with van der Waals surface area (Å²) in [4.78, 5) is 27.2. The monoisotopic (exact) mass is 495 g/mol. The highest BCUT2D eigenvalue weighted by atomic mass is 35.5. The zero-order valence-corrected chi connectivity index (χ0v) is 20.3. The second-order valence-corrected chi connectivity index (χ2v) is 9.39. The summed E-state index contributed by atoms with van der Waals surface area (Å²) in [5.41, 5.74) is 1.69. The summed E-state index contributed by atoms with van der Waals surface area (Å²) in [5, 5.41) is 12.9. The van der Waals surface area contributed by atoms with Crippen LogP contribution in [0.1, 0.15) is 12.8 Å². The Labute approximate surface area is 208 Å². The Bertz CT molecular complexity index is 1140. The first-order chi connectivity index (χ1) is 16.5. The average molecular weight is 496 g/mol. The van der Waals surface area contributed by atoms with Gasteiger partial charge in [-0.15, -0.1) is 16.8 Å². The first-order valence-electron chi connectivity index (χ1n) is 11.1. The van der Waals surface area contributed by atoms with Crippen molar-refractivity contribution in [3.8, 4) is 11.4 Å². The number of para-hydroxylation sites is 1. The lowest BCUT2D eigenvalue weighted by Gasteiger charge is -2.31. The van der Waals surface area contributed by atoms with Gasteiger partial charge in [0.1, 0.15) is 0 Å². The SMILES string of the molecule is C=CCn1c(SCC(=O)N2CCC(C(=O)Nc3ccccc3)CC2)nnc1-c1ccc(Cl)cc1. The van der Waals surface area contributed by atoms with Gasteiger partial charge in [-0.3, -0.25) is 14.2 Å². The summed E-state index contributed by atoms with van der Waals surface area (Å²) < 4.78 is 1.94. The van der Waals surface area contributed by atoms with Gasteiger partial charge in [0.25, 0.3) is 0 Å². The molecular weight excluding hydrogens is 470 g/mol. The van der Waals surface area contributed by atoms with Gasteiger partial charge < -0.3 is 10.2 Å². The molecule has 34 heavy (non-hydrogen) atoms. The van der Waals surface area contributed by atoms with Crippen LogP contribution in [0.2, 0.25) is 5.02 Å². The van der Waals surface area contributed by atoms with Crippen molar-refractivity contribution in [2.24, 2.45) is 5.92 Å². The maximum atomic E-state index is 12.8. The summed E-state index contributed by atoms with van der Waals surface area (Å²) in [6.45, 7) is 5.50. The van der Waals surface area contributed by atoms with E-state index in [-0.39, 0.29) is 23.5 Å². The van der Waals surface area contributed by atoms with Crippen molar-refractivity contribution in [1.82, 2.24) is 19.7 Å². The van der Waals surface area contributed by atoms with Crippen LogP contribution in [0, 0.1) is 5.92 Å². The van der Waals surface area contributed by atoms with Crippen molar-refractivity contribution in [3.05, 3.63) is 72.3 Å². The molecule has 7 nitrogen and oxygen atoms in total. The number of carbonyl (C=O) groups excluding carboxylic acids is 2. The smallest absolute Gasteiger partial charge is 0.233 e. The standard InChI is InChI=1S/C25H26ClN5O2S/c1-2-14-31-23(18-8-10-20(26)11-9-18)28-29-25(31)34-17-22(32)30-15-12-19(13-16-30)24(33)27-21-6-4-3-5-7-21/h2-11,19H,1,12-17H2,(H,27,33). The summed E-state index contributed by atoms with van der Waals surface area (Å²) in [5.74, 6) is 0.927. The number of halogens is 1. The van der Waals surface area contributed by atoms with Crippen LogP contribution in [0.25, 0.3) is 11.4 Å². The fourth-order valence-electron chi connectivity index (χ4n) is 3.88. The minimum atomic E-state index is -0.0884. The van der Waals surface area contributed by atoms with E-state index in [2.05, 4.69) is 22.1 Å². The van der Waals surface area contributed by atoms with Crippen LogP contribution >= 0.6 is 23.4 Å². The van der Waals surface area contributed by atoms with Crippen LogP contribution in [-0.4, -0.2) is 50.3 Å². The first kappa shape index (κ1) is 24.0. The van der Waals surface area contributed by atoms with E-state index < -0.39 is 0 Å². The van der Waals surface area contributed by atoms with Crippen LogP contribution in [0.4, 0.5) is 5.69 Å². The lowest BCUT2D eigenvalue weighted by molar-refractivity contribution is -0.132. The topological polar surface area (TPSA) is 80.1 Å². The van der Waals surface area contributed by atoms with Gasteiger partial charge in [0, 0.05) is 41.8 Å². The number of likely N-dealkylation sites (tertiary alicyclic amines) is 1. The number of benzene rings is 2. The quantitative estimate of drug-likeness (QED) is 0.360. The number of nitrogens with one attached hydrogen (secondary N) is 1. The lowest BCUT2D eigenvalue weighted by Crippen LogP contribution is -2.42. The molecule has 0 unspecified atom stereocenters. The molecule has 0 aliphatic carbocycles. The molecular formula is C25H26ClN5O2S. The Morgan fingerprint density at radius 1 is 1.09 bits per heavy atom. The first-order valence-corrected chi connectivity index (χ1v) is 12.5. The normalized spacial score (nSPS) is 14.1. The van der Waals surface area contributed by atoms with E-state index >= 15 is 0 Å². The van der Waals surface area contributed by atoms with Crippen LogP contribution in [0.5, 0.6) is 0 Å². The van der Waals surface area contributed by atoms with Crippen LogP contribution in [0.3, 0.4) is 0 Å². The van der Waals surface area contributed by atoms with Gasteiger partial charge >= 0.3 is 0 Å². The van der Waals surface area contributed by atoms with E-state index in [4.69, 9.17) is 11.6 Å². The summed E-state index contributed by atoms with van der Waals surface area (Å²) in [6, 6.07) is 16.8. The molecule has 1 saturated heterocycles. The number of carbonyl (C=O) groups is 2. The number of anilines is 1. The number of allylic oxidation sites excluding steroid dienone is 1. The summed E-state index contributed by atoms with van der Waals surface area (Å²) >= 11 is 7.36. The van der Waals surface area contributed by atoms with Crippen LogP contribution in [-0.2, 0) is 16.1 Å². The molecule has 9 heteroatoms. The highest BCUT2D eigenvalue weighted by molar-refractivity contribution is 7.99. The van der Waals surface area contributed by atoms with Crippen LogP contribution in [0.15, 0.2) is 72.4 Å². The number of aromatic nitrogens is 3. The minimum absolute atomic E-state index is 0.0138. The van der Waals surface area contributed by atoms with Gasteiger partial charge in [-0.25, -0.2) is 0 Å². The molecule has 0 saturated carbocycles. The molecule has 0 spiro atoms. The fourth-order valence-corrected chi connectivity index (χ4v) is 4.85. The summed E-state index contributed by atoms with van der Waals surface area (Å²) in [6.07, 6.45) is 3.09. The van der Waals surface area contributed by atoms with Crippen LogP contribution < -0.4 is 5.32 Å². The molecule has 0 atom stereocenters. The molecule has 1 aliphatic rings. The van der Waals surface area contributed by atoms with Gasteiger partial charge in [0.05, 0.1) is 5.75 Å². The Balaban J connectivity index is 1.31. The molecule has 1 N–H and O–H groups in total. The van der Waals surface area contributed by atoms with E-state index in [0.717, 1.165) is 11.3 Å². The molecule has 176 valence electrons. The van der Waals surface area contributed by atoms with Gasteiger partial charge in [0.15, 0.2) is 11.0 Å². The average Bonchev–Trinajstić information content (AvgIpc) is 3.26. The molecule has 1 aromatic heterocycles. The number of amides is 2. The molecule has 3 aromatic rings. The second kappa shape index (κ2) is 11.4. The van der Waals surface area contributed by atoms with Crippen molar-refractivity contribution in [2.75, 3.05) is 24.2 Å². The number of nitrogens with zero attached hydrogens (tertiary/aromatic N) is 4. The molecule has 4 rings (SSSR count). The molecule has 0 radical (unpaired) electrons. The molecule has 0 bridgehead atoms. The van der Waals surface area contributed by atoms with E-state index in [0.29, 0.717) is 48.5 Å². The van der Waals surface area contributed by atoms with Gasteiger partial charge in [0.2, 0.25) is 11.8 Å². The molecule has 1 fully saturated rings. The Morgan fingerprint density at radius 2 is 1.79 bits per heavy atom. The predicted molar refractivity (Wildman–Crippen MR) is 136 cm³/mol. The third-order valence-electron chi connectivity index (χ3n) is 5.72.